The Hall–Kier alpha value is -0.123. The summed E-state index contributed by atoms with van der Waals surface area (Å²) >= 11 is 1.75. The third kappa shape index (κ3) is 4.04. The fraction of sp³-hybridized carbons (Fsp3) is 0.556. The fourth-order valence-electron chi connectivity index (χ4n) is 0.910. The Bertz CT molecular complexity index is 213. The first-order valence-electron chi connectivity index (χ1n) is 4.23. The van der Waals surface area contributed by atoms with Crippen LogP contribution in [-0.2, 0) is 10.8 Å². The fourth-order valence-corrected chi connectivity index (χ4v) is 2.33. The third-order valence-corrected chi connectivity index (χ3v) is 3.31. The van der Waals surface area contributed by atoms with Gasteiger partial charge in [0.05, 0.1) is 0 Å². The van der Waals surface area contributed by atoms with Crippen molar-refractivity contribution in [3.05, 3.63) is 22.4 Å². The third-order valence-electron chi connectivity index (χ3n) is 1.51. The predicted octanol–water partition coefficient (Wildman–Crippen LogP) is 3.14. The highest BCUT2D eigenvalue weighted by Gasteiger charge is 2.13. The molecule has 0 amide bonds. The minimum absolute atomic E-state index is 0.881. The Labute approximate surface area is 79.5 Å². The zero-order valence-electron chi connectivity index (χ0n) is 7.96. The lowest BCUT2D eigenvalue weighted by Gasteiger charge is -2.16. The van der Waals surface area contributed by atoms with Crippen LogP contribution in [0.5, 0.6) is 0 Å². The molecule has 68 valence electrons. The summed E-state index contributed by atoms with van der Waals surface area (Å²) in [7, 11) is -1.29. The molecular weight excluding hydrogens is 184 g/mol. The van der Waals surface area contributed by atoms with E-state index < -0.39 is 8.32 Å². The highest BCUT2D eigenvalue weighted by atomic mass is 32.1. The molecule has 1 aromatic heterocycles. The maximum absolute atomic E-state index is 5.75. The van der Waals surface area contributed by atoms with Crippen molar-refractivity contribution in [2.75, 3.05) is 6.61 Å². The zero-order chi connectivity index (χ0) is 9.03. The van der Waals surface area contributed by atoms with E-state index >= 15 is 0 Å². The molecule has 1 aromatic rings. The van der Waals surface area contributed by atoms with Gasteiger partial charge in [-0.3, -0.25) is 0 Å². The van der Waals surface area contributed by atoms with Gasteiger partial charge in [-0.05, 0) is 48.5 Å². The molecule has 0 aromatic carbocycles. The number of rotatable bonds is 4. The van der Waals surface area contributed by atoms with E-state index in [0.717, 1.165) is 13.0 Å². The van der Waals surface area contributed by atoms with E-state index in [4.69, 9.17) is 4.43 Å². The van der Waals surface area contributed by atoms with Crippen molar-refractivity contribution < 1.29 is 4.43 Å². The maximum Gasteiger partial charge on any atom is 0.183 e. The topological polar surface area (TPSA) is 9.23 Å². The molecule has 0 N–H and O–H groups in total. The van der Waals surface area contributed by atoms with Gasteiger partial charge in [0.1, 0.15) is 0 Å². The largest absolute Gasteiger partial charge is 0.417 e. The Kier molecular flexibility index (Phi) is 3.49. The van der Waals surface area contributed by atoms with Crippen molar-refractivity contribution in [2.24, 2.45) is 0 Å². The van der Waals surface area contributed by atoms with E-state index in [9.17, 15) is 0 Å². The van der Waals surface area contributed by atoms with Crippen LogP contribution in [0.2, 0.25) is 19.6 Å². The highest BCUT2D eigenvalue weighted by Crippen LogP contribution is 2.08. The van der Waals surface area contributed by atoms with Crippen LogP contribution < -0.4 is 0 Å². The Morgan fingerprint density at radius 1 is 1.42 bits per heavy atom. The van der Waals surface area contributed by atoms with Crippen LogP contribution in [-0.4, -0.2) is 14.9 Å². The molecule has 0 atom stereocenters. The van der Waals surface area contributed by atoms with E-state index in [1.165, 1.54) is 5.56 Å². The lowest BCUT2D eigenvalue weighted by molar-refractivity contribution is 0.316. The molecule has 0 aliphatic carbocycles. The molecule has 0 aliphatic rings. The van der Waals surface area contributed by atoms with Crippen molar-refractivity contribution >= 4 is 19.7 Å². The summed E-state index contributed by atoms with van der Waals surface area (Å²) in [6.45, 7) is 7.55. The van der Waals surface area contributed by atoms with E-state index in [-0.39, 0.29) is 0 Å². The molecule has 0 radical (unpaired) electrons. The average Bonchev–Trinajstić information content (AvgIpc) is 2.36. The summed E-state index contributed by atoms with van der Waals surface area (Å²) in [6, 6.07) is 2.16. The second-order valence-electron chi connectivity index (χ2n) is 3.84. The second-order valence-corrected chi connectivity index (χ2v) is 9.14. The van der Waals surface area contributed by atoms with Crippen molar-refractivity contribution in [3.8, 4) is 0 Å². The highest BCUT2D eigenvalue weighted by molar-refractivity contribution is 7.07. The normalized spacial score (nSPS) is 11.9. The van der Waals surface area contributed by atoms with Gasteiger partial charge in [-0.1, -0.05) is 0 Å². The van der Waals surface area contributed by atoms with E-state index in [0.29, 0.717) is 0 Å². The molecular formula is C9H16OSSi. The van der Waals surface area contributed by atoms with Crippen LogP contribution >= 0.6 is 11.3 Å². The van der Waals surface area contributed by atoms with Crippen LogP contribution in [0.25, 0.3) is 0 Å². The van der Waals surface area contributed by atoms with Crippen LogP contribution in [0.4, 0.5) is 0 Å². The lowest BCUT2D eigenvalue weighted by Crippen LogP contribution is -2.26. The Morgan fingerprint density at radius 3 is 2.67 bits per heavy atom. The van der Waals surface area contributed by atoms with E-state index in [1.54, 1.807) is 11.3 Å². The lowest BCUT2D eigenvalue weighted by atomic mass is 10.3. The van der Waals surface area contributed by atoms with Crippen LogP contribution in [0.1, 0.15) is 5.56 Å². The number of hydrogen-bond donors (Lipinski definition) is 0. The summed E-state index contributed by atoms with van der Waals surface area (Å²) in [5.41, 5.74) is 1.40. The van der Waals surface area contributed by atoms with Crippen LogP contribution in [0, 0.1) is 0 Å². The van der Waals surface area contributed by atoms with Gasteiger partial charge in [-0.25, -0.2) is 0 Å². The van der Waals surface area contributed by atoms with Gasteiger partial charge >= 0.3 is 0 Å². The van der Waals surface area contributed by atoms with Crippen molar-refractivity contribution in [1.82, 2.24) is 0 Å². The van der Waals surface area contributed by atoms with Crippen molar-refractivity contribution in [3.63, 3.8) is 0 Å². The summed E-state index contributed by atoms with van der Waals surface area (Å²) < 4.78 is 5.75. The van der Waals surface area contributed by atoms with Gasteiger partial charge in [0.25, 0.3) is 0 Å². The first-order chi connectivity index (χ1) is 5.58. The monoisotopic (exact) mass is 200 g/mol. The molecule has 0 saturated heterocycles. The predicted molar refractivity (Wildman–Crippen MR) is 57.3 cm³/mol. The molecule has 0 bridgehead atoms. The summed E-state index contributed by atoms with van der Waals surface area (Å²) in [5, 5.41) is 4.30. The zero-order valence-corrected chi connectivity index (χ0v) is 9.78. The standard InChI is InChI=1S/C9H16OSSi/c1-12(2,3)10-6-4-9-5-7-11-8-9/h5,7-8H,4,6H2,1-3H3. The van der Waals surface area contributed by atoms with Gasteiger partial charge in [0.2, 0.25) is 0 Å². The molecule has 0 unspecified atom stereocenters. The van der Waals surface area contributed by atoms with E-state index in [2.05, 4.69) is 36.5 Å². The molecule has 12 heavy (non-hydrogen) atoms. The molecule has 1 heterocycles. The molecule has 0 aliphatic heterocycles. The smallest absolute Gasteiger partial charge is 0.183 e. The van der Waals surface area contributed by atoms with Gasteiger partial charge in [-0.2, -0.15) is 11.3 Å². The summed E-state index contributed by atoms with van der Waals surface area (Å²) in [4.78, 5) is 0. The van der Waals surface area contributed by atoms with Gasteiger partial charge < -0.3 is 4.43 Å². The van der Waals surface area contributed by atoms with E-state index in [1.807, 2.05) is 0 Å². The maximum atomic E-state index is 5.75. The quantitative estimate of drug-likeness (QED) is 0.679. The molecule has 0 saturated carbocycles. The van der Waals surface area contributed by atoms with Crippen molar-refractivity contribution in [2.45, 2.75) is 26.1 Å². The minimum atomic E-state index is -1.29. The van der Waals surface area contributed by atoms with Crippen LogP contribution in [0.15, 0.2) is 16.8 Å². The SMILES string of the molecule is C[Si](C)(C)OCCc1ccsc1. The first kappa shape index (κ1) is 9.96. The first-order valence-corrected chi connectivity index (χ1v) is 8.58. The number of thiophene rings is 1. The molecule has 3 heteroatoms. The summed E-state index contributed by atoms with van der Waals surface area (Å²) in [6.07, 6.45) is 1.06. The van der Waals surface area contributed by atoms with Gasteiger partial charge in [0.15, 0.2) is 8.32 Å². The molecule has 0 fully saturated rings. The second kappa shape index (κ2) is 4.21. The minimum Gasteiger partial charge on any atom is -0.417 e. The Balaban J connectivity index is 2.20. The summed E-state index contributed by atoms with van der Waals surface area (Å²) in [5.74, 6) is 0. The van der Waals surface area contributed by atoms with Gasteiger partial charge in [0, 0.05) is 6.61 Å². The number of hydrogen-bond acceptors (Lipinski definition) is 2. The average molecular weight is 200 g/mol. The van der Waals surface area contributed by atoms with Crippen molar-refractivity contribution in [1.29, 1.82) is 0 Å². The van der Waals surface area contributed by atoms with Crippen LogP contribution in [0.3, 0.4) is 0 Å². The van der Waals surface area contributed by atoms with Gasteiger partial charge in [-0.15, -0.1) is 0 Å². The molecule has 1 rings (SSSR count). The molecule has 1 nitrogen and oxygen atoms in total. The molecule has 0 spiro atoms. The Morgan fingerprint density at radius 2 is 2.17 bits per heavy atom.